The number of benzene rings is 2. The highest BCUT2D eigenvalue weighted by Gasteiger charge is 2.27. The number of hydrogen-bond donors (Lipinski definition) is 1. The van der Waals surface area contributed by atoms with Gasteiger partial charge in [0.25, 0.3) is 0 Å². The minimum absolute atomic E-state index is 0.0345. The van der Waals surface area contributed by atoms with Gasteiger partial charge >= 0.3 is 5.97 Å². The predicted octanol–water partition coefficient (Wildman–Crippen LogP) is 4.77. The molecule has 31 heavy (non-hydrogen) atoms. The van der Waals surface area contributed by atoms with Gasteiger partial charge in [0.15, 0.2) is 0 Å². The molecule has 2 aromatic rings. The SMILES string of the molecule is Cc1ccc(S(=O)(=O)NC[C@H](Cc2ccc(C(C)(C)C)cc2)C(=O)OC(C)(C)C)cc1. The van der Waals surface area contributed by atoms with Crippen LogP contribution in [0.2, 0.25) is 0 Å². The van der Waals surface area contributed by atoms with Crippen molar-refractivity contribution >= 4 is 16.0 Å². The van der Waals surface area contributed by atoms with Crippen LogP contribution in [0.15, 0.2) is 53.4 Å². The van der Waals surface area contributed by atoms with Crippen LogP contribution in [-0.2, 0) is 31.4 Å². The van der Waals surface area contributed by atoms with Crippen LogP contribution in [0.1, 0.15) is 58.2 Å². The van der Waals surface area contributed by atoms with E-state index >= 15 is 0 Å². The molecule has 2 rings (SSSR count). The normalized spacial score (nSPS) is 13.6. The Kier molecular flexibility index (Phi) is 7.71. The number of nitrogens with one attached hydrogen (secondary N) is 1. The van der Waals surface area contributed by atoms with Gasteiger partial charge in [-0.1, -0.05) is 62.7 Å². The Morgan fingerprint density at radius 1 is 0.935 bits per heavy atom. The molecule has 1 atom stereocenters. The van der Waals surface area contributed by atoms with Crippen molar-refractivity contribution in [2.75, 3.05) is 6.54 Å². The van der Waals surface area contributed by atoms with Crippen LogP contribution in [0.3, 0.4) is 0 Å². The van der Waals surface area contributed by atoms with Crippen LogP contribution < -0.4 is 4.72 Å². The average molecular weight is 446 g/mol. The Morgan fingerprint density at radius 2 is 1.48 bits per heavy atom. The summed E-state index contributed by atoms with van der Waals surface area (Å²) < 4.78 is 33.6. The van der Waals surface area contributed by atoms with Gasteiger partial charge in [-0.25, -0.2) is 13.1 Å². The summed E-state index contributed by atoms with van der Waals surface area (Å²) >= 11 is 0. The van der Waals surface area contributed by atoms with Crippen LogP contribution in [0.4, 0.5) is 0 Å². The van der Waals surface area contributed by atoms with Crippen molar-refractivity contribution in [2.45, 2.75) is 70.8 Å². The van der Waals surface area contributed by atoms with Gasteiger partial charge in [-0.15, -0.1) is 0 Å². The number of esters is 1. The Bertz CT molecular complexity index is 980. The van der Waals surface area contributed by atoms with Crippen molar-refractivity contribution in [3.8, 4) is 0 Å². The zero-order valence-corrected chi connectivity index (χ0v) is 20.5. The summed E-state index contributed by atoms with van der Waals surface area (Å²) in [6, 6.07) is 14.7. The molecule has 0 bridgehead atoms. The van der Waals surface area contributed by atoms with E-state index in [0.717, 1.165) is 11.1 Å². The number of ether oxygens (including phenoxy) is 1. The van der Waals surface area contributed by atoms with Crippen molar-refractivity contribution in [1.82, 2.24) is 4.72 Å². The first-order chi connectivity index (χ1) is 14.2. The van der Waals surface area contributed by atoms with Crippen molar-refractivity contribution in [1.29, 1.82) is 0 Å². The molecular formula is C25H35NO4S. The second kappa shape index (κ2) is 9.53. The van der Waals surface area contributed by atoms with Gasteiger partial charge in [-0.2, -0.15) is 0 Å². The summed E-state index contributed by atoms with van der Waals surface area (Å²) in [4.78, 5) is 13.0. The third-order valence-electron chi connectivity index (χ3n) is 4.89. The first-order valence-electron chi connectivity index (χ1n) is 10.6. The van der Waals surface area contributed by atoms with Gasteiger partial charge in [-0.05, 0) is 62.8 Å². The summed E-state index contributed by atoms with van der Waals surface area (Å²) in [5.74, 6) is -1.06. The Balaban J connectivity index is 2.20. The summed E-state index contributed by atoms with van der Waals surface area (Å²) in [6.07, 6.45) is 0.385. The van der Waals surface area contributed by atoms with E-state index in [-0.39, 0.29) is 16.9 Å². The van der Waals surface area contributed by atoms with E-state index in [1.54, 1.807) is 45.0 Å². The maximum absolute atomic E-state index is 12.8. The lowest BCUT2D eigenvalue weighted by molar-refractivity contribution is -0.159. The average Bonchev–Trinajstić information content (AvgIpc) is 2.63. The third-order valence-corrected chi connectivity index (χ3v) is 6.33. The molecule has 0 spiro atoms. The Labute approximate surface area is 187 Å². The topological polar surface area (TPSA) is 72.5 Å². The van der Waals surface area contributed by atoms with Crippen LogP contribution in [0, 0.1) is 12.8 Å². The molecule has 0 amide bonds. The van der Waals surface area contributed by atoms with E-state index in [0.29, 0.717) is 6.42 Å². The van der Waals surface area contributed by atoms with E-state index in [1.165, 1.54) is 5.56 Å². The van der Waals surface area contributed by atoms with Crippen molar-refractivity contribution in [3.05, 3.63) is 65.2 Å². The van der Waals surface area contributed by atoms with E-state index in [1.807, 2.05) is 19.1 Å². The largest absolute Gasteiger partial charge is 0.460 e. The van der Waals surface area contributed by atoms with Gasteiger partial charge in [0.05, 0.1) is 10.8 Å². The predicted molar refractivity (Wildman–Crippen MR) is 125 cm³/mol. The minimum Gasteiger partial charge on any atom is -0.460 e. The second-order valence-electron chi connectivity index (χ2n) is 10.0. The summed E-state index contributed by atoms with van der Waals surface area (Å²) in [5, 5.41) is 0. The lowest BCUT2D eigenvalue weighted by Gasteiger charge is -2.24. The van der Waals surface area contributed by atoms with Crippen molar-refractivity contribution < 1.29 is 17.9 Å². The first-order valence-corrected chi connectivity index (χ1v) is 12.0. The Hall–Kier alpha value is -2.18. The highest BCUT2D eigenvalue weighted by atomic mass is 32.2. The monoisotopic (exact) mass is 445 g/mol. The number of hydrogen-bond acceptors (Lipinski definition) is 4. The lowest BCUT2D eigenvalue weighted by atomic mass is 9.86. The van der Waals surface area contributed by atoms with E-state index in [4.69, 9.17) is 4.74 Å². The van der Waals surface area contributed by atoms with Crippen LogP contribution >= 0.6 is 0 Å². The molecule has 0 fully saturated rings. The highest BCUT2D eigenvalue weighted by Crippen LogP contribution is 2.23. The smallest absolute Gasteiger partial charge is 0.311 e. The van der Waals surface area contributed by atoms with E-state index in [2.05, 4.69) is 37.6 Å². The fraction of sp³-hybridized carbons (Fsp3) is 0.480. The zero-order chi connectivity index (χ0) is 23.4. The van der Waals surface area contributed by atoms with Crippen molar-refractivity contribution in [2.24, 2.45) is 5.92 Å². The van der Waals surface area contributed by atoms with Gasteiger partial charge in [-0.3, -0.25) is 4.79 Å². The fourth-order valence-corrected chi connectivity index (χ4v) is 4.14. The maximum atomic E-state index is 12.8. The molecule has 2 aromatic carbocycles. The molecule has 0 saturated heterocycles. The molecule has 0 heterocycles. The van der Waals surface area contributed by atoms with Gasteiger partial charge in [0.1, 0.15) is 5.60 Å². The molecule has 1 N–H and O–H groups in total. The van der Waals surface area contributed by atoms with Gasteiger partial charge in [0, 0.05) is 6.54 Å². The molecule has 0 radical (unpaired) electrons. The van der Waals surface area contributed by atoms with E-state index in [9.17, 15) is 13.2 Å². The molecule has 0 aliphatic carbocycles. The molecular weight excluding hydrogens is 410 g/mol. The van der Waals surface area contributed by atoms with Crippen molar-refractivity contribution in [3.63, 3.8) is 0 Å². The van der Waals surface area contributed by atoms with Crippen LogP contribution in [0.25, 0.3) is 0 Å². The second-order valence-corrected chi connectivity index (χ2v) is 11.8. The fourth-order valence-electron chi connectivity index (χ4n) is 3.06. The van der Waals surface area contributed by atoms with Gasteiger partial charge in [0.2, 0.25) is 10.0 Å². The van der Waals surface area contributed by atoms with E-state index < -0.39 is 27.5 Å². The van der Waals surface area contributed by atoms with Crippen LogP contribution in [0.5, 0.6) is 0 Å². The molecule has 5 nitrogen and oxygen atoms in total. The quantitative estimate of drug-likeness (QED) is 0.623. The number of sulfonamides is 1. The highest BCUT2D eigenvalue weighted by molar-refractivity contribution is 7.89. The molecule has 6 heteroatoms. The Morgan fingerprint density at radius 3 is 1.97 bits per heavy atom. The molecule has 0 aliphatic rings. The zero-order valence-electron chi connectivity index (χ0n) is 19.7. The molecule has 0 aliphatic heterocycles. The number of rotatable bonds is 7. The maximum Gasteiger partial charge on any atom is 0.311 e. The van der Waals surface area contributed by atoms with Crippen LogP contribution in [-0.4, -0.2) is 26.5 Å². The third kappa shape index (κ3) is 7.78. The minimum atomic E-state index is -3.73. The molecule has 0 saturated carbocycles. The van der Waals surface area contributed by atoms with Gasteiger partial charge < -0.3 is 4.74 Å². The number of aryl methyl sites for hydroxylation is 1. The molecule has 0 unspecified atom stereocenters. The number of carbonyl (C=O) groups is 1. The summed E-state index contributed by atoms with van der Waals surface area (Å²) in [6.45, 7) is 13.7. The number of carbonyl (C=O) groups excluding carboxylic acids is 1. The molecule has 170 valence electrons. The summed E-state index contributed by atoms with van der Waals surface area (Å²) in [7, 11) is -3.73. The summed E-state index contributed by atoms with van der Waals surface area (Å²) in [5.41, 5.74) is 2.52. The lowest BCUT2D eigenvalue weighted by Crippen LogP contribution is -2.37. The first kappa shape index (κ1) is 25.1. The standard InChI is InChI=1S/C25H35NO4S/c1-18-8-14-22(15-9-18)31(28,29)26-17-20(23(27)30-25(5,6)7)16-19-10-12-21(13-11-19)24(2,3)4/h8-15,20,26H,16-17H2,1-7H3/t20-/m0/s1. The molecule has 0 aromatic heterocycles.